The summed E-state index contributed by atoms with van der Waals surface area (Å²) in [7, 11) is 2.30. The minimum Gasteiger partial charge on any atom is -0.315 e. The van der Waals surface area contributed by atoms with E-state index < -0.39 is 0 Å². The maximum Gasteiger partial charge on any atom is 0.0192 e. The van der Waals surface area contributed by atoms with Crippen molar-refractivity contribution in [2.45, 2.75) is 58.5 Å². The molecule has 1 aliphatic rings. The van der Waals surface area contributed by atoms with Crippen LogP contribution < -0.4 is 5.32 Å². The van der Waals surface area contributed by atoms with Crippen molar-refractivity contribution in [2.75, 3.05) is 20.1 Å². The molecule has 15 heavy (non-hydrogen) atoms. The van der Waals surface area contributed by atoms with Crippen LogP contribution in [0.1, 0.15) is 46.5 Å². The highest BCUT2D eigenvalue weighted by Crippen LogP contribution is 2.28. The molecule has 2 nitrogen and oxygen atoms in total. The Balaban J connectivity index is 2.39. The second-order valence-corrected chi connectivity index (χ2v) is 5.15. The zero-order valence-corrected chi connectivity index (χ0v) is 10.9. The molecule has 1 fully saturated rings. The van der Waals surface area contributed by atoms with E-state index >= 15 is 0 Å². The maximum atomic E-state index is 3.44. The molecule has 0 heterocycles. The van der Waals surface area contributed by atoms with Crippen molar-refractivity contribution >= 4 is 0 Å². The van der Waals surface area contributed by atoms with Crippen LogP contribution in [-0.2, 0) is 0 Å². The third kappa shape index (κ3) is 3.76. The molecule has 3 unspecified atom stereocenters. The second-order valence-electron chi connectivity index (χ2n) is 5.15. The number of hydrogen-bond donors (Lipinski definition) is 1. The van der Waals surface area contributed by atoms with Crippen LogP contribution >= 0.6 is 0 Å². The average Bonchev–Trinajstić information content (AvgIpc) is 2.25. The first-order valence-corrected chi connectivity index (χ1v) is 6.59. The fourth-order valence-corrected chi connectivity index (χ4v) is 2.73. The van der Waals surface area contributed by atoms with Crippen molar-refractivity contribution in [1.29, 1.82) is 0 Å². The molecule has 2 heteroatoms. The van der Waals surface area contributed by atoms with Gasteiger partial charge >= 0.3 is 0 Å². The zero-order valence-electron chi connectivity index (χ0n) is 10.9. The van der Waals surface area contributed by atoms with Gasteiger partial charge in [-0.15, -0.1) is 0 Å². The van der Waals surface area contributed by atoms with Crippen LogP contribution in [0.15, 0.2) is 0 Å². The second kappa shape index (κ2) is 6.49. The van der Waals surface area contributed by atoms with E-state index in [-0.39, 0.29) is 0 Å². The van der Waals surface area contributed by atoms with Gasteiger partial charge in [0, 0.05) is 18.6 Å². The van der Waals surface area contributed by atoms with Gasteiger partial charge in [0.25, 0.3) is 0 Å². The normalized spacial score (nSPS) is 29.4. The van der Waals surface area contributed by atoms with E-state index in [0.717, 1.165) is 25.0 Å². The van der Waals surface area contributed by atoms with Crippen LogP contribution in [0.2, 0.25) is 0 Å². The quantitative estimate of drug-likeness (QED) is 0.753. The number of likely N-dealkylation sites (N-methyl/N-ethyl adjacent to an activating group) is 2. The van der Waals surface area contributed by atoms with Crippen LogP contribution in [-0.4, -0.2) is 37.1 Å². The van der Waals surface area contributed by atoms with Crippen LogP contribution in [0, 0.1) is 5.92 Å². The first-order valence-electron chi connectivity index (χ1n) is 6.59. The van der Waals surface area contributed by atoms with Gasteiger partial charge in [-0.05, 0) is 39.3 Å². The molecular weight excluding hydrogens is 184 g/mol. The summed E-state index contributed by atoms with van der Waals surface area (Å²) in [6.45, 7) is 9.13. The molecule has 90 valence electrons. The molecule has 1 rings (SSSR count). The summed E-state index contributed by atoms with van der Waals surface area (Å²) in [5, 5.41) is 3.44. The highest BCUT2D eigenvalue weighted by molar-refractivity contribution is 4.82. The van der Waals surface area contributed by atoms with Gasteiger partial charge in [-0.25, -0.2) is 0 Å². The van der Waals surface area contributed by atoms with Gasteiger partial charge in [0.15, 0.2) is 0 Å². The molecule has 0 aromatic carbocycles. The molecule has 1 saturated carbocycles. The van der Waals surface area contributed by atoms with E-state index in [0.29, 0.717) is 6.04 Å². The Labute approximate surface area is 95.4 Å². The summed E-state index contributed by atoms with van der Waals surface area (Å²) in [6.07, 6.45) is 5.68. The van der Waals surface area contributed by atoms with Crippen molar-refractivity contribution in [3.63, 3.8) is 0 Å². The molecule has 0 radical (unpaired) electrons. The summed E-state index contributed by atoms with van der Waals surface area (Å²) in [5.41, 5.74) is 0. The van der Waals surface area contributed by atoms with Crippen LogP contribution in [0.4, 0.5) is 0 Å². The predicted octanol–water partition coefficient (Wildman–Crippen LogP) is 2.49. The molecule has 0 amide bonds. The van der Waals surface area contributed by atoms with Crippen LogP contribution in [0.25, 0.3) is 0 Å². The molecule has 1 aliphatic carbocycles. The van der Waals surface area contributed by atoms with Gasteiger partial charge in [0.1, 0.15) is 0 Å². The monoisotopic (exact) mass is 212 g/mol. The molecule has 1 N–H and O–H groups in total. The van der Waals surface area contributed by atoms with Gasteiger partial charge in [-0.2, -0.15) is 0 Å². The Morgan fingerprint density at radius 3 is 2.60 bits per heavy atom. The SMILES string of the molecule is CCNCC(C)N(C)C1CCCCC1C. The summed E-state index contributed by atoms with van der Waals surface area (Å²) >= 11 is 0. The standard InChI is InChI=1S/C13H28N2/c1-5-14-10-12(3)15(4)13-9-7-6-8-11(13)2/h11-14H,5-10H2,1-4H3. The van der Waals surface area contributed by atoms with Gasteiger partial charge in [0.05, 0.1) is 0 Å². The summed E-state index contributed by atoms with van der Waals surface area (Å²) in [4.78, 5) is 2.59. The van der Waals surface area contributed by atoms with E-state index in [9.17, 15) is 0 Å². The zero-order chi connectivity index (χ0) is 11.3. The highest BCUT2D eigenvalue weighted by Gasteiger charge is 2.27. The summed E-state index contributed by atoms with van der Waals surface area (Å²) in [6, 6.07) is 1.47. The summed E-state index contributed by atoms with van der Waals surface area (Å²) in [5.74, 6) is 0.882. The fraction of sp³-hybridized carbons (Fsp3) is 1.00. The van der Waals surface area contributed by atoms with Crippen molar-refractivity contribution in [1.82, 2.24) is 10.2 Å². The van der Waals surface area contributed by atoms with E-state index in [1.165, 1.54) is 25.7 Å². The van der Waals surface area contributed by atoms with Gasteiger partial charge < -0.3 is 5.32 Å². The predicted molar refractivity (Wildman–Crippen MR) is 67.2 cm³/mol. The van der Waals surface area contributed by atoms with Gasteiger partial charge in [-0.1, -0.05) is 26.7 Å². The Bertz CT molecular complexity index is 170. The van der Waals surface area contributed by atoms with Crippen molar-refractivity contribution in [3.05, 3.63) is 0 Å². The number of nitrogens with one attached hydrogen (secondary N) is 1. The molecule has 0 aromatic rings. The Morgan fingerprint density at radius 2 is 2.00 bits per heavy atom. The van der Waals surface area contributed by atoms with Gasteiger partial charge in [0.2, 0.25) is 0 Å². The molecule has 0 saturated heterocycles. The Kier molecular flexibility index (Phi) is 5.62. The lowest BCUT2D eigenvalue weighted by Crippen LogP contribution is -2.47. The minimum atomic E-state index is 0.662. The lowest BCUT2D eigenvalue weighted by atomic mass is 9.84. The van der Waals surface area contributed by atoms with Crippen LogP contribution in [0.3, 0.4) is 0 Å². The van der Waals surface area contributed by atoms with E-state index in [1.807, 2.05) is 0 Å². The topological polar surface area (TPSA) is 15.3 Å². The van der Waals surface area contributed by atoms with E-state index in [4.69, 9.17) is 0 Å². The van der Waals surface area contributed by atoms with E-state index in [1.54, 1.807) is 0 Å². The minimum absolute atomic E-state index is 0.662. The first kappa shape index (κ1) is 13.0. The highest BCUT2D eigenvalue weighted by atomic mass is 15.2. The molecule has 0 bridgehead atoms. The maximum absolute atomic E-state index is 3.44. The van der Waals surface area contributed by atoms with Crippen molar-refractivity contribution < 1.29 is 0 Å². The van der Waals surface area contributed by atoms with Crippen molar-refractivity contribution in [3.8, 4) is 0 Å². The average molecular weight is 212 g/mol. The molecule has 3 atom stereocenters. The molecule has 0 aromatic heterocycles. The Hall–Kier alpha value is -0.0800. The molecule has 0 spiro atoms. The van der Waals surface area contributed by atoms with E-state index in [2.05, 4.69) is 38.0 Å². The van der Waals surface area contributed by atoms with Gasteiger partial charge in [-0.3, -0.25) is 4.90 Å². The fourth-order valence-electron chi connectivity index (χ4n) is 2.73. The number of hydrogen-bond acceptors (Lipinski definition) is 2. The van der Waals surface area contributed by atoms with Crippen molar-refractivity contribution in [2.24, 2.45) is 5.92 Å². The lowest BCUT2D eigenvalue weighted by Gasteiger charge is -2.39. The third-order valence-electron chi connectivity index (χ3n) is 3.97. The largest absolute Gasteiger partial charge is 0.315 e. The molecular formula is C13H28N2. The number of rotatable bonds is 5. The van der Waals surface area contributed by atoms with Crippen LogP contribution in [0.5, 0.6) is 0 Å². The lowest BCUT2D eigenvalue weighted by molar-refractivity contribution is 0.103. The molecule has 0 aliphatic heterocycles. The smallest absolute Gasteiger partial charge is 0.0192 e. The first-order chi connectivity index (χ1) is 7.16. The number of nitrogens with zero attached hydrogens (tertiary/aromatic N) is 1. The third-order valence-corrected chi connectivity index (χ3v) is 3.97. The Morgan fingerprint density at radius 1 is 1.33 bits per heavy atom. The summed E-state index contributed by atoms with van der Waals surface area (Å²) < 4.78 is 0.